The molecule has 10 heteroatoms. The molecule has 3 aromatic heterocycles. The predicted octanol–water partition coefficient (Wildman–Crippen LogP) is 5.20. The number of hydrogen-bond acceptors (Lipinski definition) is 8. The number of hydrogen-bond donors (Lipinski definition) is 0. The van der Waals surface area contributed by atoms with E-state index in [2.05, 4.69) is 15.2 Å². The van der Waals surface area contributed by atoms with Crippen molar-refractivity contribution in [3.63, 3.8) is 0 Å². The second kappa shape index (κ2) is 8.75. The first-order valence-corrected chi connectivity index (χ1v) is 10.7. The summed E-state index contributed by atoms with van der Waals surface area (Å²) >= 11 is 1.38. The minimum atomic E-state index is -0.404. The maximum atomic E-state index is 11.5. The van der Waals surface area contributed by atoms with Crippen molar-refractivity contribution in [1.29, 1.82) is 0 Å². The van der Waals surface area contributed by atoms with Crippen molar-refractivity contribution in [3.05, 3.63) is 89.1 Å². The third-order valence-corrected chi connectivity index (χ3v) is 6.15. The molecule has 33 heavy (non-hydrogen) atoms. The molecule has 0 unspecified atom stereocenters. The van der Waals surface area contributed by atoms with Crippen LogP contribution in [0.25, 0.3) is 22.2 Å². The SMILES string of the molecule is COc1cccc(-c2nnc(Sc3ccc([N+](=O)[O-])c4cnccc34)n2Cc2ccco2)c1. The summed E-state index contributed by atoms with van der Waals surface area (Å²) in [5.74, 6) is 2.11. The quantitative estimate of drug-likeness (QED) is 0.241. The van der Waals surface area contributed by atoms with E-state index in [0.717, 1.165) is 21.6 Å². The third-order valence-electron chi connectivity index (χ3n) is 5.09. The number of furan rings is 1. The van der Waals surface area contributed by atoms with Crippen molar-refractivity contribution < 1.29 is 14.1 Å². The van der Waals surface area contributed by atoms with E-state index in [9.17, 15) is 10.1 Å². The van der Waals surface area contributed by atoms with E-state index in [-0.39, 0.29) is 5.69 Å². The van der Waals surface area contributed by atoms with Crippen LogP contribution in [0.3, 0.4) is 0 Å². The zero-order valence-corrected chi connectivity index (χ0v) is 18.2. The van der Waals surface area contributed by atoms with Gasteiger partial charge in [0, 0.05) is 34.3 Å². The highest BCUT2D eigenvalue weighted by Gasteiger charge is 2.20. The van der Waals surface area contributed by atoms with Crippen molar-refractivity contribution in [2.24, 2.45) is 0 Å². The van der Waals surface area contributed by atoms with Crippen LogP contribution >= 0.6 is 11.8 Å². The molecule has 0 saturated heterocycles. The van der Waals surface area contributed by atoms with Crippen LogP contribution in [0.15, 0.2) is 87.7 Å². The number of nitro benzene ring substituents is 1. The summed E-state index contributed by atoms with van der Waals surface area (Å²) in [5.41, 5.74) is 0.856. The van der Waals surface area contributed by atoms with E-state index in [1.165, 1.54) is 24.0 Å². The lowest BCUT2D eigenvalue weighted by molar-refractivity contribution is -0.383. The summed E-state index contributed by atoms with van der Waals surface area (Å²) in [6, 6.07) is 16.3. The summed E-state index contributed by atoms with van der Waals surface area (Å²) in [6.07, 6.45) is 4.74. The Morgan fingerprint density at radius 1 is 1.12 bits per heavy atom. The number of ether oxygens (including phenoxy) is 1. The Kier molecular flexibility index (Phi) is 5.49. The highest BCUT2D eigenvalue weighted by Crippen LogP contribution is 2.37. The fourth-order valence-electron chi connectivity index (χ4n) is 3.53. The Labute approximate surface area is 192 Å². The van der Waals surface area contributed by atoms with Crippen molar-refractivity contribution in [2.75, 3.05) is 7.11 Å². The molecule has 0 fully saturated rings. The summed E-state index contributed by atoms with van der Waals surface area (Å²) in [4.78, 5) is 15.9. The standard InChI is InChI=1S/C23H17N5O4S/c1-31-16-5-2-4-15(12-16)22-25-26-23(27(22)14-17-6-3-11-32-17)33-21-8-7-20(28(29)30)19-13-24-10-9-18(19)21/h2-13H,14H2,1H3. The summed E-state index contributed by atoms with van der Waals surface area (Å²) in [7, 11) is 1.61. The fourth-order valence-corrected chi connectivity index (χ4v) is 4.50. The van der Waals surface area contributed by atoms with Crippen LogP contribution in [-0.2, 0) is 6.54 Å². The molecule has 0 atom stereocenters. The van der Waals surface area contributed by atoms with Gasteiger partial charge in [-0.1, -0.05) is 12.1 Å². The Balaban J connectivity index is 1.61. The number of benzene rings is 2. The third kappa shape index (κ3) is 4.03. The molecular weight excluding hydrogens is 442 g/mol. The van der Waals surface area contributed by atoms with Gasteiger partial charge in [0.15, 0.2) is 11.0 Å². The highest BCUT2D eigenvalue weighted by atomic mass is 32.2. The molecule has 0 aliphatic heterocycles. The van der Waals surface area contributed by atoms with E-state index in [1.807, 2.05) is 41.0 Å². The lowest BCUT2D eigenvalue weighted by Gasteiger charge is -2.11. The van der Waals surface area contributed by atoms with E-state index in [4.69, 9.17) is 9.15 Å². The summed E-state index contributed by atoms with van der Waals surface area (Å²) in [6.45, 7) is 0.418. The summed E-state index contributed by atoms with van der Waals surface area (Å²) < 4.78 is 12.9. The molecule has 2 aromatic carbocycles. The number of nitro groups is 1. The lowest BCUT2D eigenvalue weighted by atomic mass is 10.1. The first kappa shape index (κ1) is 20.7. The van der Waals surface area contributed by atoms with Crippen LogP contribution in [0.2, 0.25) is 0 Å². The second-order valence-corrected chi connectivity index (χ2v) is 8.08. The van der Waals surface area contributed by atoms with Gasteiger partial charge in [-0.2, -0.15) is 0 Å². The van der Waals surface area contributed by atoms with Crippen LogP contribution in [0, 0.1) is 10.1 Å². The molecule has 9 nitrogen and oxygen atoms in total. The largest absolute Gasteiger partial charge is 0.497 e. The number of methoxy groups -OCH3 is 1. The molecule has 164 valence electrons. The maximum Gasteiger partial charge on any atom is 0.278 e. The van der Waals surface area contributed by atoms with Gasteiger partial charge in [0.2, 0.25) is 0 Å². The first-order valence-electron chi connectivity index (χ1n) is 9.93. The highest BCUT2D eigenvalue weighted by molar-refractivity contribution is 7.99. The zero-order valence-electron chi connectivity index (χ0n) is 17.4. The molecule has 0 saturated carbocycles. The van der Waals surface area contributed by atoms with Crippen molar-refractivity contribution in [1.82, 2.24) is 19.7 Å². The Morgan fingerprint density at radius 3 is 2.82 bits per heavy atom. The predicted molar refractivity (Wildman–Crippen MR) is 122 cm³/mol. The minimum Gasteiger partial charge on any atom is -0.497 e. The number of nitrogens with zero attached hydrogens (tertiary/aromatic N) is 5. The Hall–Kier alpha value is -4.18. The minimum absolute atomic E-state index is 0.0107. The molecule has 0 spiro atoms. The number of non-ortho nitro benzene ring substituents is 1. The monoisotopic (exact) mass is 459 g/mol. The Morgan fingerprint density at radius 2 is 2.03 bits per heavy atom. The molecule has 0 amide bonds. The van der Waals surface area contributed by atoms with Crippen molar-refractivity contribution >= 4 is 28.2 Å². The van der Waals surface area contributed by atoms with Crippen molar-refractivity contribution in [2.45, 2.75) is 16.6 Å². The molecule has 0 bridgehead atoms. The number of fused-ring (bicyclic) bond motifs is 1. The topological polar surface area (TPSA) is 109 Å². The second-order valence-electron chi connectivity index (χ2n) is 7.07. The summed E-state index contributed by atoms with van der Waals surface area (Å²) in [5, 5.41) is 22.1. The van der Waals surface area contributed by atoms with Gasteiger partial charge < -0.3 is 9.15 Å². The van der Waals surface area contributed by atoms with Crippen LogP contribution in [0.4, 0.5) is 5.69 Å². The normalized spacial score (nSPS) is 11.1. The number of pyridine rings is 1. The van der Waals surface area contributed by atoms with Gasteiger partial charge in [0.1, 0.15) is 11.5 Å². The van der Waals surface area contributed by atoms with Gasteiger partial charge in [-0.05, 0) is 48.2 Å². The molecule has 0 aliphatic rings. The average Bonchev–Trinajstić information content (AvgIpc) is 3.50. The zero-order chi connectivity index (χ0) is 22.8. The Bertz CT molecular complexity index is 1450. The van der Waals surface area contributed by atoms with Crippen molar-refractivity contribution in [3.8, 4) is 17.1 Å². The molecule has 0 radical (unpaired) electrons. The molecule has 0 N–H and O–H groups in total. The number of rotatable bonds is 7. The molecule has 5 aromatic rings. The molecule has 0 aliphatic carbocycles. The van der Waals surface area contributed by atoms with Gasteiger partial charge in [0.05, 0.1) is 30.2 Å². The van der Waals surface area contributed by atoms with E-state index >= 15 is 0 Å². The van der Waals surface area contributed by atoms with Gasteiger partial charge in [-0.3, -0.25) is 19.7 Å². The fraction of sp³-hybridized carbons (Fsp3) is 0.0870. The van der Waals surface area contributed by atoms with Crippen LogP contribution in [-0.4, -0.2) is 31.8 Å². The van der Waals surface area contributed by atoms with Crippen LogP contribution in [0.1, 0.15) is 5.76 Å². The van der Waals surface area contributed by atoms with E-state index in [0.29, 0.717) is 28.7 Å². The maximum absolute atomic E-state index is 11.5. The van der Waals surface area contributed by atoms with E-state index < -0.39 is 4.92 Å². The van der Waals surface area contributed by atoms with Crippen LogP contribution < -0.4 is 4.74 Å². The van der Waals surface area contributed by atoms with Gasteiger partial charge >= 0.3 is 0 Å². The van der Waals surface area contributed by atoms with Gasteiger partial charge in [-0.25, -0.2) is 0 Å². The van der Waals surface area contributed by atoms with Gasteiger partial charge in [0.25, 0.3) is 5.69 Å². The number of aromatic nitrogens is 4. The van der Waals surface area contributed by atoms with E-state index in [1.54, 1.807) is 31.7 Å². The molecule has 5 rings (SSSR count). The first-order chi connectivity index (χ1) is 16.1. The lowest BCUT2D eigenvalue weighted by Crippen LogP contribution is -2.03. The molecular formula is C23H17N5O4S. The molecule has 3 heterocycles. The van der Waals surface area contributed by atoms with Crippen LogP contribution in [0.5, 0.6) is 5.75 Å². The smallest absolute Gasteiger partial charge is 0.278 e. The average molecular weight is 459 g/mol. The van der Waals surface area contributed by atoms with Gasteiger partial charge in [-0.15, -0.1) is 10.2 Å².